The molecule has 0 spiro atoms. The minimum atomic E-state index is -2.23. The summed E-state index contributed by atoms with van der Waals surface area (Å²) in [4.78, 5) is 68.1. The number of hydrogen-bond acceptors (Lipinski definition) is 15. The summed E-state index contributed by atoms with van der Waals surface area (Å²) in [6.07, 6.45) is -9.36. The number of amides is 1. The maximum Gasteiger partial charge on any atom is 0.407 e. The smallest absolute Gasteiger partial charge is 0.407 e. The molecule has 1 amide bonds. The molecule has 2 saturated heterocycles. The summed E-state index contributed by atoms with van der Waals surface area (Å²) in [5.74, 6) is -4.57. The minimum absolute atomic E-state index is 0.0926. The molecule has 16 nitrogen and oxygen atoms in total. The number of benzene rings is 1. The molecule has 3 N–H and O–H groups in total. The van der Waals surface area contributed by atoms with Gasteiger partial charge in [-0.2, -0.15) is 0 Å². The van der Waals surface area contributed by atoms with E-state index < -0.39 is 125 Å². The standard InChI is InChI=1S/C46H63NO15/c1-13-32-58-30-20-31-45(22-55-31,61-26(6)49)36-38(60-39(51)27-17-15-14-16-18-27)46(54)21-29(57-40(52)34(50)28(19-23(2)3)47-41(53)62-42(7,8)9)24(4)33(43(46,10)11)35(56-25(5)48)37(59-32)44(30,36)12/h13-18,23,28-32,34-38,50,54H,1,19-22H2,2-12H3,(H,47,53)/t28-,29-,30-,31+,32-,34-,35-,36-,37-,38-,44+,45-,46+/m0/s1. The molecule has 2 bridgehead atoms. The molecule has 0 unspecified atom stereocenters. The third-order valence-electron chi connectivity index (χ3n) is 13.4. The first-order valence-electron chi connectivity index (χ1n) is 21.3. The zero-order valence-electron chi connectivity index (χ0n) is 37.6. The van der Waals surface area contributed by atoms with Gasteiger partial charge in [-0.15, -0.1) is 0 Å². The highest BCUT2D eigenvalue weighted by Gasteiger charge is 2.79. The molecule has 16 heteroatoms. The average molecular weight is 870 g/mol. The molecule has 0 aromatic heterocycles. The Morgan fingerprint density at radius 3 is 2.19 bits per heavy atom. The van der Waals surface area contributed by atoms with Gasteiger partial charge in [-0.25, -0.2) is 14.4 Å². The molecular formula is C46H63NO15. The van der Waals surface area contributed by atoms with Crippen molar-refractivity contribution < 1.29 is 72.1 Å². The van der Waals surface area contributed by atoms with E-state index in [4.69, 9.17) is 37.9 Å². The number of alkyl carbamates (subject to hydrolysis) is 1. The lowest BCUT2D eigenvalue weighted by atomic mass is 9.44. The van der Waals surface area contributed by atoms with Crippen LogP contribution in [0.2, 0.25) is 0 Å². The van der Waals surface area contributed by atoms with Crippen LogP contribution in [0.25, 0.3) is 0 Å². The lowest BCUT2D eigenvalue weighted by Crippen LogP contribution is -2.83. The molecule has 0 radical (unpaired) electrons. The molecule has 4 fully saturated rings. The van der Waals surface area contributed by atoms with Crippen molar-refractivity contribution in [1.82, 2.24) is 5.32 Å². The largest absolute Gasteiger partial charge is 0.456 e. The molecule has 1 aromatic carbocycles. The summed E-state index contributed by atoms with van der Waals surface area (Å²) in [5, 5.41) is 28.1. The second kappa shape index (κ2) is 17.0. The quantitative estimate of drug-likeness (QED) is 0.154. The van der Waals surface area contributed by atoms with Gasteiger partial charge in [0.25, 0.3) is 0 Å². The number of rotatable bonds is 11. The van der Waals surface area contributed by atoms with Crippen molar-refractivity contribution >= 4 is 30.0 Å². The number of carbonyl (C=O) groups is 5. The maximum absolute atomic E-state index is 14.4. The second-order valence-electron chi connectivity index (χ2n) is 19.5. The fourth-order valence-corrected chi connectivity index (χ4v) is 10.7. The summed E-state index contributed by atoms with van der Waals surface area (Å²) in [5.41, 5.74) is -6.65. The average Bonchev–Trinajstić information content (AvgIpc) is 3.15. The van der Waals surface area contributed by atoms with Gasteiger partial charge in [0.1, 0.15) is 35.6 Å². The lowest BCUT2D eigenvalue weighted by molar-refractivity contribution is -0.405. The number of nitrogens with one attached hydrogen (secondary N) is 1. The van der Waals surface area contributed by atoms with Gasteiger partial charge < -0.3 is 53.4 Å². The van der Waals surface area contributed by atoms with E-state index in [-0.39, 0.29) is 30.9 Å². The number of esters is 4. The Morgan fingerprint density at radius 1 is 0.984 bits per heavy atom. The normalized spacial score (nSPS) is 35.5. The topological polar surface area (TPSA) is 212 Å². The van der Waals surface area contributed by atoms with Crippen LogP contribution in [0.1, 0.15) is 106 Å². The van der Waals surface area contributed by atoms with Crippen molar-refractivity contribution in [2.24, 2.45) is 22.7 Å². The molecule has 13 atom stereocenters. The van der Waals surface area contributed by atoms with Crippen molar-refractivity contribution in [2.45, 2.75) is 167 Å². The number of aliphatic hydroxyl groups is 2. The first-order valence-corrected chi connectivity index (χ1v) is 21.3. The van der Waals surface area contributed by atoms with Gasteiger partial charge in [-0.1, -0.05) is 59.4 Å². The van der Waals surface area contributed by atoms with Gasteiger partial charge in [-0.05, 0) is 69.4 Å². The molecule has 6 rings (SSSR count). The zero-order valence-corrected chi connectivity index (χ0v) is 37.6. The van der Waals surface area contributed by atoms with Gasteiger partial charge in [0.05, 0.1) is 30.2 Å². The van der Waals surface area contributed by atoms with Crippen LogP contribution in [0, 0.1) is 22.7 Å². The van der Waals surface area contributed by atoms with E-state index in [0.717, 1.165) is 0 Å². The Labute approximate surface area is 362 Å². The van der Waals surface area contributed by atoms with Crippen LogP contribution < -0.4 is 5.32 Å². The van der Waals surface area contributed by atoms with Gasteiger partial charge in [0.15, 0.2) is 24.1 Å². The lowest BCUT2D eigenvalue weighted by Gasteiger charge is -2.71. The first kappa shape index (κ1) is 47.1. The van der Waals surface area contributed by atoms with Crippen LogP contribution in [0.4, 0.5) is 4.79 Å². The van der Waals surface area contributed by atoms with Crippen molar-refractivity contribution in [3.8, 4) is 0 Å². The van der Waals surface area contributed by atoms with E-state index in [2.05, 4.69) is 11.9 Å². The Morgan fingerprint density at radius 2 is 1.65 bits per heavy atom. The Bertz CT molecular complexity index is 1960. The highest BCUT2D eigenvalue weighted by molar-refractivity contribution is 5.89. The predicted octanol–water partition coefficient (Wildman–Crippen LogP) is 4.87. The van der Waals surface area contributed by atoms with Gasteiger partial charge >= 0.3 is 30.0 Å². The summed E-state index contributed by atoms with van der Waals surface area (Å²) in [7, 11) is 0. The summed E-state index contributed by atoms with van der Waals surface area (Å²) in [6, 6.07) is 7.04. The van der Waals surface area contributed by atoms with Gasteiger partial charge in [-0.3, -0.25) is 9.59 Å². The fourth-order valence-electron chi connectivity index (χ4n) is 10.7. The molecule has 5 aliphatic rings. The van der Waals surface area contributed by atoms with E-state index in [9.17, 15) is 34.2 Å². The number of carbonyl (C=O) groups excluding carboxylic acids is 5. The Hall–Kier alpha value is -4.35. The van der Waals surface area contributed by atoms with Gasteiger partial charge in [0.2, 0.25) is 0 Å². The molecule has 2 heterocycles. The molecular weight excluding hydrogens is 806 g/mol. The van der Waals surface area contributed by atoms with E-state index in [1.807, 2.05) is 20.8 Å². The Balaban J connectivity index is 1.57. The van der Waals surface area contributed by atoms with Crippen molar-refractivity contribution in [3.05, 3.63) is 59.7 Å². The third-order valence-corrected chi connectivity index (χ3v) is 13.4. The van der Waals surface area contributed by atoms with Crippen molar-refractivity contribution in [2.75, 3.05) is 6.61 Å². The van der Waals surface area contributed by atoms with Crippen LogP contribution >= 0.6 is 0 Å². The summed E-state index contributed by atoms with van der Waals surface area (Å²) in [6.45, 7) is 21.9. The predicted molar refractivity (Wildman–Crippen MR) is 220 cm³/mol. The molecule has 342 valence electrons. The first-order chi connectivity index (χ1) is 28.8. The second-order valence-corrected chi connectivity index (χ2v) is 19.5. The zero-order chi connectivity index (χ0) is 45.9. The number of aliphatic hydroxyl groups excluding tert-OH is 1. The third kappa shape index (κ3) is 8.28. The van der Waals surface area contributed by atoms with E-state index in [0.29, 0.717) is 11.1 Å². The maximum atomic E-state index is 14.4. The molecule has 2 saturated carbocycles. The van der Waals surface area contributed by atoms with Crippen LogP contribution in [-0.2, 0) is 52.3 Å². The van der Waals surface area contributed by atoms with E-state index in [1.165, 1.54) is 19.9 Å². The van der Waals surface area contributed by atoms with Crippen LogP contribution in [0.15, 0.2) is 54.1 Å². The Kier molecular flexibility index (Phi) is 12.9. The van der Waals surface area contributed by atoms with Gasteiger partial charge in [0, 0.05) is 37.5 Å². The monoisotopic (exact) mass is 869 g/mol. The molecule has 3 aliphatic carbocycles. The highest BCUT2D eigenvalue weighted by atomic mass is 16.7. The molecule has 1 aromatic rings. The highest BCUT2D eigenvalue weighted by Crippen LogP contribution is 2.67. The molecule has 62 heavy (non-hydrogen) atoms. The van der Waals surface area contributed by atoms with Crippen LogP contribution in [0.3, 0.4) is 0 Å². The van der Waals surface area contributed by atoms with Crippen molar-refractivity contribution in [3.63, 3.8) is 0 Å². The summed E-state index contributed by atoms with van der Waals surface area (Å²) >= 11 is 0. The van der Waals surface area contributed by atoms with E-state index in [1.54, 1.807) is 71.9 Å². The van der Waals surface area contributed by atoms with Crippen LogP contribution in [0.5, 0.6) is 0 Å². The SMILES string of the molecule is C=C[C@H]1O[C@H]2C[C@H]3OC[C@@]3(OC(C)=O)[C@H]3[C@H](OC(=O)c4ccccc4)[C@]4(O)C[C@H](OC(=O)[C@@H](O)[C@H](CC(C)C)NC(=O)OC(C)(C)C)C(C)=C([C@H](OC(C)=O)[C@H](O1)[C@]23C)C4(C)C. The number of fused-ring (bicyclic) bond motifs is 4. The number of hydrogen-bond donors (Lipinski definition) is 3. The van der Waals surface area contributed by atoms with Crippen molar-refractivity contribution in [1.29, 1.82) is 0 Å². The van der Waals surface area contributed by atoms with E-state index >= 15 is 0 Å². The minimum Gasteiger partial charge on any atom is -0.456 e. The fraction of sp³-hybridized carbons (Fsp3) is 0.674. The molecule has 2 aliphatic heterocycles. The number of ether oxygens (including phenoxy) is 8. The van der Waals surface area contributed by atoms with Crippen LogP contribution in [-0.4, -0.2) is 119 Å². The summed E-state index contributed by atoms with van der Waals surface area (Å²) < 4.78 is 50.2.